The smallest absolute Gasteiger partial charge is 0.271 e. The van der Waals surface area contributed by atoms with Gasteiger partial charge in [0.2, 0.25) is 0 Å². The minimum atomic E-state index is -0.196. The van der Waals surface area contributed by atoms with E-state index in [1.807, 2.05) is 24.3 Å². The SMILES string of the molecule is CC(C)(C)c1ccc(C=NNC(=O)c2ccc(C[NH+]3CCc4ccccc4C3)cc2)cc1. The molecule has 0 fully saturated rings. The molecular weight excluding hydrogens is 394 g/mol. The van der Waals surface area contributed by atoms with Crippen LogP contribution in [0.3, 0.4) is 0 Å². The van der Waals surface area contributed by atoms with Gasteiger partial charge in [-0.05, 0) is 34.2 Å². The third-order valence-electron chi connectivity index (χ3n) is 6.13. The standard InChI is InChI=1S/C28H31N3O/c1-28(2,3)26-14-10-21(11-15-26)18-29-30-27(32)24-12-8-22(9-13-24)19-31-17-16-23-6-4-5-7-25(23)20-31/h4-15,18H,16-17,19-20H2,1-3H3,(H,30,32)/p+1. The highest BCUT2D eigenvalue weighted by atomic mass is 16.2. The van der Waals surface area contributed by atoms with Gasteiger partial charge in [0, 0.05) is 23.1 Å². The normalized spacial score (nSPS) is 16.0. The molecule has 1 aliphatic rings. The molecule has 32 heavy (non-hydrogen) atoms. The van der Waals surface area contributed by atoms with E-state index in [1.54, 1.807) is 11.1 Å². The lowest BCUT2D eigenvalue weighted by Crippen LogP contribution is -3.10. The summed E-state index contributed by atoms with van der Waals surface area (Å²) in [6.45, 7) is 9.74. The number of amides is 1. The number of hydrogen-bond acceptors (Lipinski definition) is 2. The van der Waals surface area contributed by atoms with Gasteiger partial charge in [-0.2, -0.15) is 5.10 Å². The number of benzene rings is 3. The molecule has 1 heterocycles. The molecule has 4 nitrogen and oxygen atoms in total. The minimum Gasteiger partial charge on any atom is -0.327 e. The molecule has 4 rings (SSSR count). The van der Waals surface area contributed by atoms with Gasteiger partial charge in [-0.15, -0.1) is 0 Å². The van der Waals surface area contributed by atoms with E-state index in [0.717, 1.165) is 31.6 Å². The highest BCUT2D eigenvalue weighted by Gasteiger charge is 2.19. The van der Waals surface area contributed by atoms with Gasteiger partial charge in [0.05, 0.1) is 12.8 Å². The van der Waals surface area contributed by atoms with Crippen molar-refractivity contribution in [1.29, 1.82) is 0 Å². The van der Waals surface area contributed by atoms with Crippen LogP contribution in [0, 0.1) is 0 Å². The largest absolute Gasteiger partial charge is 0.327 e. The van der Waals surface area contributed by atoms with E-state index in [-0.39, 0.29) is 11.3 Å². The molecule has 0 aromatic heterocycles. The number of carbonyl (C=O) groups excluding carboxylic acids is 1. The van der Waals surface area contributed by atoms with Gasteiger partial charge in [-0.1, -0.05) is 81.4 Å². The first-order chi connectivity index (χ1) is 15.4. The molecule has 0 radical (unpaired) electrons. The maximum absolute atomic E-state index is 12.4. The lowest BCUT2D eigenvalue weighted by Gasteiger charge is -2.26. The molecule has 1 atom stereocenters. The van der Waals surface area contributed by atoms with Crippen LogP contribution in [0.25, 0.3) is 0 Å². The Hall–Kier alpha value is -3.24. The lowest BCUT2D eigenvalue weighted by atomic mass is 9.87. The molecule has 3 aromatic rings. The summed E-state index contributed by atoms with van der Waals surface area (Å²) in [7, 11) is 0. The summed E-state index contributed by atoms with van der Waals surface area (Å²) in [5.41, 5.74) is 9.78. The van der Waals surface area contributed by atoms with E-state index >= 15 is 0 Å². The Morgan fingerprint density at radius 2 is 1.66 bits per heavy atom. The van der Waals surface area contributed by atoms with Crippen molar-refractivity contribution < 1.29 is 9.69 Å². The van der Waals surface area contributed by atoms with E-state index in [4.69, 9.17) is 0 Å². The van der Waals surface area contributed by atoms with Gasteiger partial charge in [0.15, 0.2) is 0 Å². The Morgan fingerprint density at radius 1 is 0.969 bits per heavy atom. The second-order valence-electron chi connectivity index (χ2n) is 9.64. The highest BCUT2D eigenvalue weighted by molar-refractivity contribution is 5.94. The van der Waals surface area contributed by atoms with Gasteiger partial charge in [0.1, 0.15) is 13.1 Å². The zero-order valence-corrected chi connectivity index (χ0v) is 19.2. The topological polar surface area (TPSA) is 45.9 Å². The van der Waals surface area contributed by atoms with Crippen molar-refractivity contribution in [3.05, 3.63) is 106 Å². The third kappa shape index (κ3) is 5.51. The Morgan fingerprint density at radius 3 is 2.34 bits per heavy atom. The van der Waals surface area contributed by atoms with Gasteiger partial charge in [-0.3, -0.25) is 4.79 Å². The van der Waals surface area contributed by atoms with Crippen LogP contribution in [-0.4, -0.2) is 18.7 Å². The quantitative estimate of drug-likeness (QED) is 0.472. The average Bonchev–Trinajstić information content (AvgIpc) is 2.79. The first-order valence-corrected chi connectivity index (χ1v) is 11.3. The monoisotopic (exact) mass is 426 g/mol. The van der Waals surface area contributed by atoms with Crippen LogP contribution in [-0.2, 0) is 24.9 Å². The van der Waals surface area contributed by atoms with Crippen molar-refractivity contribution in [2.45, 2.75) is 45.7 Å². The summed E-state index contributed by atoms with van der Waals surface area (Å²) in [6.07, 6.45) is 2.80. The van der Waals surface area contributed by atoms with Gasteiger partial charge in [-0.25, -0.2) is 5.43 Å². The van der Waals surface area contributed by atoms with Crippen LogP contribution in [0.1, 0.15) is 58.9 Å². The summed E-state index contributed by atoms with van der Waals surface area (Å²) in [6, 6.07) is 24.8. The third-order valence-corrected chi connectivity index (χ3v) is 6.13. The fourth-order valence-electron chi connectivity index (χ4n) is 4.16. The Labute approximate surface area is 191 Å². The summed E-state index contributed by atoms with van der Waals surface area (Å²) in [5.74, 6) is -0.196. The molecular formula is C28H32N3O+. The average molecular weight is 427 g/mol. The summed E-state index contributed by atoms with van der Waals surface area (Å²) < 4.78 is 0. The number of fused-ring (bicyclic) bond motifs is 1. The Balaban J connectivity index is 1.30. The first kappa shape index (κ1) is 22.0. The van der Waals surface area contributed by atoms with Crippen molar-refractivity contribution in [1.82, 2.24) is 5.43 Å². The fourth-order valence-corrected chi connectivity index (χ4v) is 4.16. The molecule has 0 saturated heterocycles. The van der Waals surface area contributed by atoms with Crippen molar-refractivity contribution in [2.75, 3.05) is 6.54 Å². The van der Waals surface area contributed by atoms with Crippen LogP contribution in [0.2, 0.25) is 0 Å². The van der Waals surface area contributed by atoms with Crippen LogP contribution < -0.4 is 10.3 Å². The molecule has 164 valence electrons. The number of nitrogens with zero attached hydrogens (tertiary/aromatic N) is 1. The number of quaternary nitrogens is 1. The van der Waals surface area contributed by atoms with Crippen LogP contribution in [0.4, 0.5) is 0 Å². The van der Waals surface area contributed by atoms with E-state index in [2.05, 4.69) is 79.8 Å². The second kappa shape index (κ2) is 9.49. The first-order valence-electron chi connectivity index (χ1n) is 11.3. The maximum atomic E-state index is 12.4. The van der Waals surface area contributed by atoms with Gasteiger partial charge < -0.3 is 4.90 Å². The number of carbonyl (C=O) groups is 1. The molecule has 1 aliphatic heterocycles. The molecule has 0 saturated carbocycles. The number of rotatable bonds is 5. The van der Waals surface area contributed by atoms with Crippen molar-refractivity contribution in [3.8, 4) is 0 Å². The number of hydrogen-bond donors (Lipinski definition) is 2. The van der Waals surface area contributed by atoms with E-state index < -0.39 is 0 Å². The molecule has 2 N–H and O–H groups in total. The fraction of sp³-hybridized carbons (Fsp3) is 0.286. The van der Waals surface area contributed by atoms with E-state index in [9.17, 15) is 4.79 Å². The van der Waals surface area contributed by atoms with E-state index in [0.29, 0.717) is 5.56 Å². The molecule has 3 aromatic carbocycles. The second-order valence-corrected chi connectivity index (χ2v) is 9.64. The van der Waals surface area contributed by atoms with Gasteiger partial charge >= 0.3 is 0 Å². The predicted molar refractivity (Wildman–Crippen MR) is 130 cm³/mol. The highest BCUT2D eigenvalue weighted by Crippen LogP contribution is 2.21. The molecule has 0 bridgehead atoms. The van der Waals surface area contributed by atoms with Crippen LogP contribution in [0.5, 0.6) is 0 Å². The summed E-state index contributed by atoms with van der Waals surface area (Å²) >= 11 is 0. The lowest BCUT2D eigenvalue weighted by molar-refractivity contribution is -0.929. The maximum Gasteiger partial charge on any atom is 0.271 e. The summed E-state index contributed by atoms with van der Waals surface area (Å²) in [4.78, 5) is 14.0. The zero-order chi connectivity index (χ0) is 22.6. The number of hydrazone groups is 1. The van der Waals surface area contributed by atoms with Crippen molar-refractivity contribution in [3.63, 3.8) is 0 Å². The molecule has 4 heteroatoms. The zero-order valence-electron chi connectivity index (χ0n) is 19.2. The summed E-state index contributed by atoms with van der Waals surface area (Å²) in [5, 5.41) is 4.12. The molecule has 0 spiro atoms. The Bertz CT molecular complexity index is 1090. The predicted octanol–water partition coefficient (Wildman–Crippen LogP) is 3.89. The van der Waals surface area contributed by atoms with Gasteiger partial charge in [0.25, 0.3) is 5.91 Å². The van der Waals surface area contributed by atoms with Crippen molar-refractivity contribution >= 4 is 12.1 Å². The molecule has 0 aliphatic carbocycles. The van der Waals surface area contributed by atoms with Crippen molar-refractivity contribution in [2.24, 2.45) is 5.10 Å². The van der Waals surface area contributed by atoms with Crippen LogP contribution >= 0.6 is 0 Å². The molecule has 1 unspecified atom stereocenters. The number of nitrogens with one attached hydrogen (secondary N) is 2. The van der Waals surface area contributed by atoms with E-state index in [1.165, 1.54) is 22.3 Å². The van der Waals surface area contributed by atoms with Crippen LogP contribution in [0.15, 0.2) is 77.9 Å². The molecule has 1 amide bonds. The minimum absolute atomic E-state index is 0.121. The Kier molecular flexibility index (Phi) is 6.52.